The minimum absolute atomic E-state index is 0.0268. The van der Waals surface area contributed by atoms with Crippen LogP contribution in [-0.2, 0) is 0 Å². The maximum absolute atomic E-state index is 15.3. The molecule has 0 fully saturated rings. The van der Waals surface area contributed by atoms with E-state index in [1.165, 1.54) is 21.3 Å². The molecule has 0 N–H and O–H groups in total. The highest BCUT2D eigenvalue weighted by atomic mass is 19.1. The normalized spacial score (nSPS) is 11.8. The first kappa shape index (κ1) is 25.7. The lowest BCUT2D eigenvalue weighted by Crippen LogP contribution is -2.16. The molecule has 7 rings (SSSR count). The zero-order valence-electron chi connectivity index (χ0n) is 22.3. The maximum Gasteiger partial charge on any atom is 0.200 e. The monoisotopic (exact) mass is 564 g/mol. The second-order valence-electron chi connectivity index (χ2n) is 10.5. The Labute approximate surface area is 235 Å². The Morgan fingerprint density at radius 1 is 0.476 bits per heavy atom. The maximum atomic E-state index is 15.3. The molecule has 0 amide bonds. The van der Waals surface area contributed by atoms with E-state index in [4.69, 9.17) is 0 Å². The van der Waals surface area contributed by atoms with Gasteiger partial charge in [0.2, 0.25) is 0 Å². The van der Waals surface area contributed by atoms with Gasteiger partial charge in [0.15, 0.2) is 10.9 Å². The van der Waals surface area contributed by atoms with Crippen molar-refractivity contribution in [3.63, 3.8) is 0 Å². The summed E-state index contributed by atoms with van der Waals surface area (Å²) in [6, 6.07) is 20.5. The molecular formula is C34H20F4N2O2. The topological polar surface area (TPSA) is 44.0 Å². The summed E-state index contributed by atoms with van der Waals surface area (Å²) in [6.07, 6.45) is 0. The number of benzene rings is 5. The van der Waals surface area contributed by atoms with Gasteiger partial charge in [-0.25, -0.2) is 17.6 Å². The standard InChI is InChI=1S/C34H20F4N2O2/c1-17-3-7-21(8-4-17)39-27-15-24-28(16-23(27)33(41)31-25(37)11-19(35)13-29(31)39)40(22-9-5-18(2)6-10-22)30-14-20(36)12-26(38)32(30)34(24)42/h3-16H,1-2H3. The van der Waals surface area contributed by atoms with Gasteiger partial charge in [-0.05, 0) is 62.4 Å². The number of hydrogen-bond donors (Lipinski definition) is 0. The van der Waals surface area contributed by atoms with Crippen LogP contribution in [0.3, 0.4) is 0 Å². The van der Waals surface area contributed by atoms with Crippen LogP contribution in [0.15, 0.2) is 94.5 Å². The third kappa shape index (κ3) is 3.75. The lowest BCUT2D eigenvalue weighted by Gasteiger charge is -2.20. The van der Waals surface area contributed by atoms with Crippen molar-refractivity contribution in [2.24, 2.45) is 0 Å². The molecule has 0 saturated heterocycles. The van der Waals surface area contributed by atoms with Crippen molar-refractivity contribution in [3.05, 3.63) is 140 Å². The van der Waals surface area contributed by atoms with Crippen molar-refractivity contribution in [1.82, 2.24) is 9.13 Å². The Bertz CT molecular complexity index is 2220. The second kappa shape index (κ2) is 9.14. The Kier molecular flexibility index (Phi) is 5.59. The van der Waals surface area contributed by atoms with Gasteiger partial charge in [0.05, 0.1) is 32.8 Å². The lowest BCUT2D eigenvalue weighted by molar-refractivity contribution is 0.590. The van der Waals surface area contributed by atoms with Crippen LogP contribution in [0.4, 0.5) is 17.6 Å². The third-order valence-corrected chi connectivity index (χ3v) is 7.67. The number of fused-ring (bicyclic) bond motifs is 4. The zero-order valence-corrected chi connectivity index (χ0v) is 22.3. The van der Waals surface area contributed by atoms with Gasteiger partial charge >= 0.3 is 0 Å². The summed E-state index contributed by atoms with van der Waals surface area (Å²) < 4.78 is 62.6. The van der Waals surface area contributed by atoms with Crippen LogP contribution in [0.25, 0.3) is 55.0 Å². The molecule has 2 aromatic heterocycles. The van der Waals surface area contributed by atoms with E-state index in [9.17, 15) is 18.4 Å². The van der Waals surface area contributed by atoms with E-state index in [1.807, 2.05) is 38.1 Å². The summed E-state index contributed by atoms with van der Waals surface area (Å²) in [5.41, 5.74) is 1.78. The number of rotatable bonds is 2. The third-order valence-electron chi connectivity index (χ3n) is 7.67. The molecule has 0 bridgehead atoms. The van der Waals surface area contributed by atoms with Gasteiger partial charge < -0.3 is 9.13 Å². The molecule has 0 saturated carbocycles. The molecule has 0 aliphatic heterocycles. The van der Waals surface area contributed by atoms with Crippen molar-refractivity contribution >= 4 is 43.6 Å². The smallest absolute Gasteiger partial charge is 0.200 e. The van der Waals surface area contributed by atoms with Gasteiger partial charge in [0.25, 0.3) is 0 Å². The Balaban J connectivity index is 1.78. The van der Waals surface area contributed by atoms with Crippen LogP contribution in [0, 0.1) is 37.1 Å². The van der Waals surface area contributed by atoms with Gasteiger partial charge in [-0.2, -0.15) is 0 Å². The fourth-order valence-electron chi connectivity index (χ4n) is 5.71. The van der Waals surface area contributed by atoms with E-state index >= 15 is 8.78 Å². The quantitative estimate of drug-likeness (QED) is 0.159. The number of aromatic nitrogens is 2. The first-order valence-electron chi connectivity index (χ1n) is 13.1. The Morgan fingerprint density at radius 3 is 1.19 bits per heavy atom. The van der Waals surface area contributed by atoms with E-state index in [-0.39, 0.29) is 43.6 Å². The van der Waals surface area contributed by atoms with Gasteiger partial charge in [0, 0.05) is 34.3 Å². The van der Waals surface area contributed by atoms with Crippen LogP contribution in [-0.4, -0.2) is 9.13 Å². The van der Waals surface area contributed by atoms with Crippen molar-refractivity contribution in [1.29, 1.82) is 0 Å². The first-order chi connectivity index (χ1) is 20.1. The summed E-state index contributed by atoms with van der Waals surface area (Å²) in [5, 5.41) is -0.577. The molecule has 0 atom stereocenters. The van der Waals surface area contributed by atoms with E-state index in [0.717, 1.165) is 23.3 Å². The summed E-state index contributed by atoms with van der Waals surface area (Å²) in [7, 11) is 0. The number of hydrogen-bond acceptors (Lipinski definition) is 2. The van der Waals surface area contributed by atoms with Gasteiger partial charge in [-0.3, -0.25) is 9.59 Å². The number of halogens is 4. The SMILES string of the molecule is Cc1ccc(-n2c3cc4c(=O)c5c(F)cc(F)cc5n(-c5ccc(C)cc5)c4cc3c(=O)c3c(F)cc(F)cc32)cc1. The van der Waals surface area contributed by atoms with Crippen LogP contribution in [0.1, 0.15) is 11.1 Å². The molecular weight excluding hydrogens is 544 g/mol. The minimum atomic E-state index is -1.03. The second-order valence-corrected chi connectivity index (χ2v) is 10.5. The van der Waals surface area contributed by atoms with Crippen LogP contribution in [0.2, 0.25) is 0 Å². The van der Waals surface area contributed by atoms with Crippen LogP contribution >= 0.6 is 0 Å². The van der Waals surface area contributed by atoms with E-state index < -0.39 is 34.1 Å². The predicted molar refractivity (Wildman–Crippen MR) is 157 cm³/mol. The molecule has 206 valence electrons. The van der Waals surface area contributed by atoms with E-state index in [0.29, 0.717) is 23.5 Å². The number of aryl methyl sites for hydroxylation is 2. The van der Waals surface area contributed by atoms with Crippen LogP contribution in [0.5, 0.6) is 0 Å². The molecule has 5 aromatic carbocycles. The average Bonchev–Trinajstić information content (AvgIpc) is 2.94. The summed E-state index contributed by atoms with van der Waals surface area (Å²) in [4.78, 5) is 27.7. The largest absolute Gasteiger partial charge is 0.309 e. The molecule has 0 aliphatic carbocycles. The molecule has 2 heterocycles. The zero-order chi connectivity index (χ0) is 29.4. The number of nitrogens with zero attached hydrogens (tertiary/aromatic N) is 2. The minimum Gasteiger partial charge on any atom is -0.309 e. The van der Waals surface area contributed by atoms with Gasteiger partial charge in [-0.1, -0.05) is 35.4 Å². The predicted octanol–water partition coefficient (Wildman–Crippen LogP) is 7.77. The Morgan fingerprint density at radius 2 is 0.833 bits per heavy atom. The van der Waals surface area contributed by atoms with Gasteiger partial charge in [0.1, 0.15) is 23.3 Å². The lowest BCUT2D eigenvalue weighted by atomic mass is 10.0. The molecule has 0 spiro atoms. The molecule has 4 nitrogen and oxygen atoms in total. The van der Waals surface area contributed by atoms with Crippen molar-refractivity contribution in [3.8, 4) is 11.4 Å². The molecule has 0 aliphatic rings. The summed E-state index contributed by atoms with van der Waals surface area (Å²) >= 11 is 0. The average molecular weight is 565 g/mol. The number of pyridine rings is 2. The first-order valence-corrected chi connectivity index (χ1v) is 13.1. The van der Waals surface area contributed by atoms with Crippen molar-refractivity contribution < 1.29 is 17.6 Å². The highest BCUT2D eigenvalue weighted by Gasteiger charge is 2.22. The molecule has 8 heteroatoms. The van der Waals surface area contributed by atoms with E-state index in [2.05, 4.69) is 0 Å². The highest BCUT2D eigenvalue weighted by Crippen LogP contribution is 2.32. The molecule has 7 aromatic rings. The van der Waals surface area contributed by atoms with Crippen LogP contribution < -0.4 is 10.9 Å². The fraction of sp³-hybridized carbons (Fsp3) is 0.0588. The highest BCUT2D eigenvalue weighted by molar-refractivity contribution is 6.05. The molecule has 42 heavy (non-hydrogen) atoms. The molecule has 0 radical (unpaired) electrons. The molecule has 0 unspecified atom stereocenters. The van der Waals surface area contributed by atoms with E-state index in [1.54, 1.807) is 24.3 Å². The Hall–Kier alpha value is -5.24. The van der Waals surface area contributed by atoms with Crippen molar-refractivity contribution in [2.75, 3.05) is 0 Å². The van der Waals surface area contributed by atoms with Crippen molar-refractivity contribution in [2.45, 2.75) is 13.8 Å². The summed E-state index contributed by atoms with van der Waals surface area (Å²) in [5.74, 6) is -3.82. The summed E-state index contributed by atoms with van der Waals surface area (Å²) in [6.45, 7) is 3.77. The van der Waals surface area contributed by atoms with Gasteiger partial charge in [-0.15, -0.1) is 0 Å². The fourth-order valence-corrected chi connectivity index (χ4v) is 5.71.